The minimum absolute atomic E-state index is 0. The van der Waals surface area contributed by atoms with Gasteiger partial charge in [-0.15, -0.1) is 0 Å². The molecule has 0 saturated carbocycles. The standard InChI is InChI=1S/C28H39Cl2O4P.Li/c1-4-7-10-16-32-21-19-24(33-17-11-8-5-2)27(25(20-21)34-18-12-9-6-3)35-28(31)26-22(29)14-13-15-23(26)30;/h13-15,19-20,35H,4-12,16-18H2,1-3H3;. The maximum absolute atomic E-state index is 13.3. The normalized spacial score (nSPS) is 10.9. The molecule has 0 fully saturated rings. The molecule has 0 spiro atoms. The number of hydrogen-bond donors (Lipinski definition) is 0. The Kier molecular flexibility index (Phi) is 17.7. The Labute approximate surface area is 241 Å². The van der Waals surface area contributed by atoms with Crippen LogP contribution >= 0.6 is 31.8 Å². The molecule has 1 unspecified atom stereocenters. The smallest absolute Gasteiger partial charge is 0.188 e. The maximum atomic E-state index is 13.3. The van der Waals surface area contributed by atoms with Crippen LogP contribution in [0, 0.1) is 0 Å². The van der Waals surface area contributed by atoms with Gasteiger partial charge in [0.15, 0.2) is 5.52 Å². The third kappa shape index (κ3) is 11.2. The quantitative estimate of drug-likeness (QED) is 0.107. The summed E-state index contributed by atoms with van der Waals surface area (Å²) in [6.07, 6.45) is 9.50. The van der Waals surface area contributed by atoms with Crippen LogP contribution in [0.5, 0.6) is 17.2 Å². The van der Waals surface area contributed by atoms with Crippen LogP contribution in [0.3, 0.4) is 0 Å². The van der Waals surface area contributed by atoms with Gasteiger partial charge in [0, 0.05) is 31.0 Å². The van der Waals surface area contributed by atoms with Crippen molar-refractivity contribution in [2.45, 2.75) is 78.6 Å². The van der Waals surface area contributed by atoms with Crippen molar-refractivity contribution in [1.82, 2.24) is 0 Å². The predicted octanol–water partition coefficient (Wildman–Crippen LogP) is 8.46. The first-order chi connectivity index (χ1) is 17.0. The Balaban J connectivity index is 0.00000648. The molecule has 2 aromatic carbocycles. The van der Waals surface area contributed by atoms with Crippen molar-refractivity contribution in [3.63, 3.8) is 0 Å². The molecule has 36 heavy (non-hydrogen) atoms. The Bertz CT molecular complexity index is 873. The SMILES string of the molecule is CCCCCOc1cc(OCCCCC)c(PC(=O)c2c(Cl)cccc2Cl)c(OCCCCC)c1.[Li]. The van der Waals surface area contributed by atoms with Crippen LogP contribution in [-0.4, -0.2) is 44.2 Å². The third-order valence-electron chi connectivity index (χ3n) is 5.50. The predicted molar refractivity (Wildman–Crippen MR) is 156 cm³/mol. The zero-order chi connectivity index (χ0) is 25.5. The van der Waals surface area contributed by atoms with E-state index in [4.69, 9.17) is 37.4 Å². The van der Waals surface area contributed by atoms with Crippen LogP contribution in [0.1, 0.15) is 88.9 Å². The minimum Gasteiger partial charge on any atom is -0.493 e. The number of ether oxygens (including phenoxy) is 3. The fourth-order valence-electron chi connectivity index (χ4n) is 3.50. The summed E-state index contributed by atoms with van der Waals surface area (Å²) in [4.78, 5) is 13.3. The van der Waals surface area contributed by atoms with Gasteiger partial charge in [0.2, 0.25) is 0 Å². The second kappa shape index (κ2) is 19.2. The summed E-state index contributed by atoms with van der Waals surface area (Å²) in [6, 6.07) is 8.88. The first-order valence-electron chi connectivity index (χ1n) is 12.8. The minimum atomic E-state index is -0.244. The summed E-state index contributed by atoms with van der Waals surface area (Å²) in [6.45, 7) is 8.26. The summed E-state index contributed by atoms with van der Waals surface area (Å²) in [5, 5.41) is 1.43. The molecule has 1 radical (unpaired) electrons. The van der Waals surface area contributed by atoms with E-state index in [9.17, 15) is 4.79 Å². The summed E-state index contributed by atoms with van der Waals surface area (Å²) in [7, 11) is -0.244. The maximum Gasteiger partial charge on any atom is 0.188 e. The molecule has 0 aromatic heterocycles. The van der Waals surface area contributed by atoms with Gasteiger partial charge in [-0.3, -0.25) is 4.79 Å². The van der Waals surface area contributed by atoms with Crippen LogP contribution in [0.25, 0.3) is 0 Å². The zero-order valence-electron chi connectivity index (χ0n) is 22.3. The molecule has 1 atom stereocenters. The van der Waals surface area contributed by atoms with E-state index in [1.807, 2.05) is 12.1 Å². The van der Waals surface area contributed by atoms with E-state index in [-0.39, 0.29) is 33.0 Å². The van der Waals surface area contributed by atoms with Crippen molar-refractivity contribution < 1.29 is 19.0 Å². The molecule has 0 saturated heterocycles. The van der Waals surface area contributed by atoms with Gasteiger partial charge in [-0.25, -0.2) is 0 Å². The van der Waals surface area contributed by atoms with Crippen molar-refractivity contribution in [3.8, 4) is 17.2 Å². The summed E-state index contributed by atoms with van der Waals surface area (Å²) < 4.78 is 18.4. The van der Waals surface area contributed by atoms with E-state index in [0.29, 0.717) is 52.7 Å². The molecule has 0 aliphatic heterocycles. The molecule has 4 nitrogen and oxygen atoms in total. The van der Waals surface area contributed by atoms with Crippen molar-refractivity contribution in [2.24, 2.45) is 0 Å². The summed E-state index contributed by atoms with van der Waals surface area (Å²) in [5.41, 5.74) is 0.192. The number of benzene rings is 2. The van der Waals surface area contributed by atoms with E-state index < -0.39 is 0 Å². The Morgan fingerprint density at radius 1 is 0.750 bits per heavy atom. The number of carbonyl (C=O) groups excluding carboxylic acids is 1. The van der Waals surface area contributed by atoms with Crippen molar-refractivity contribution in [3.05, 3.63) is 45.9 Å². The average molecular weight is 548 g/mol. The van der Waals surface area contributed by atoms with E-state index in [2.05, 4.69) is 20.8 Å². The largest absolute Gasteiger partial charge is 0.493 e. The molecular weight excluding hydrogens is 509 g/mol. The van der Waals surface area contributed by atoms with Gasteiger partial charge >= 0.3 is 0 Å². The molecular formula is C28H39Cl2LiO4P. The first-order valence-corrected chi connectivity index (χ1v) is 14.6. The van der Waals surface area contributed by atoms with E-state index in [0.717, 1.165) is 63.1 Å². The van der Waals surface area contributed by atoms with Crippen LogP contribution in [0.2, 0.25) is 10.0 Å². The third-order valence-corrected chi connectivity index (χ3v) is 7.35. The number of halogens is 2. The molecule has 0 aliphatic carbocycles. The van der Waals surface area contributed by atoms with Crippen LogP contribution in [-0.2, 0) is 0 Å². The zero-order valence-corrected chi connectivity index (χ0v) is 24.8. The number of hydrogen-bond acceptors (Lipinski definition) is 4. The van der Waals surface area contributed by atoms with Crippen LogP contribution in [0.15, 0.2) is 30.3 Å². The summed E-state index contributed by atoms with van der Waals surface area (Å²) in [5.74, 6) is 1.97. The van der Waals surface area contributed by atoms with Crippen LogP contribution in [0.4, 0.5) is 0 Å². The topological polar surface area (TPSA) is 44.8 Å². The van der Waals surface area contributed by atoms with E-state index in [1.54, 1.807) is 18.2 Å². The van der Waals surface area contributed by atoms with Gasteiger partial charge in [0.1, 0.15) is 17.2 Å². The Morgan fingerprint density at radius 3 is 1.64 bits per heavy atom. The van der Waals surface area contributed by atoms with Gasteiger partial charge in [-0.2, -0.15) is 0 Å². The second-order valence-electron chi connectivity index (χ2n) is 8.51. The van der Waals surface area contributed by atoms with E-state index in [1.165, 1.54) is 0 Å². The van der Waals surface area contributed by atoms with Gasteiger partial charge in [-0.1, -0.05) is 88.6 Å². The molecule has 0 aliphatic rings. The second-order valence-corrected chi connectivity index (χ2v) is 10.5. The summed E-state index contributed by atoms with van der Waals surface area (Å²) >= 11 is 12.7. The molecule has 0 bridgehead atoms. The molecule has 8 heteroatoms. The monoisotopic (exact) mass is 547 g/mol. The first kappa shape index (κ1) is 33.1. The molecule has 0 amide bonds. The van der Waals surface area contributed by atoms with Crippen molar-refractivity contribution in [2.75, 3.05) is 19.8 Å². The Morgan fingerprint density at radius 2 is 1.19 bits per heavy atom. The van der Waals surface area contributed by atoms with Gasteiger partial charge in [0.25, 0.3) is 0 Å². The number of rotatable bonds is 18. The van der Waals surface area contributed by atoms with Crippen molar-refractivity contribution >= 4 is 61.5 Å². The van der Waals surface area contributed by atoms with Crippen LogP contribution < -0.4 is 19.5 Å². The fraction of sp³-hybridized carbons (Fsp3) is 0.536. The molecule has 2 aromatic rings. The Hall–Kier alpha value is -0.883. The number of carbonyl (C=O) groups is 1. The molecule has 195 valence electrons. The molecule has 0 heterocycles. The van der Waals surface area contributed by atoms with Gasteiger partial charge < -0.3 is 14.2 Å². The number of unbranched alkanes of at least 4 members (excludes halogenated alkanes) is 6. The fourth-order valence-corrected chi connectivity index (χ4v) is 5.39. The van der Waals surface area contributed by atoms with E-state index >= 15 is 0 Å². The average Bonchev–Trinajstić information content (AvgIpc) is 2.84. The molecule has 0 N–H and O–H groups in total. The van der Waals surface area contributed by atoms with Crippen molar-refractivity contribution in [1.29, 1.82) is 0 Å². The van der Waals surface area contributed by atoms with Gasteiger partial charge in [-0.05, 0) is 40.0 Å². The van der Waals surface area contributed by atoms with Gasteiger partial charge in [0.05, 0.1) is 40.7 Å². The molecule has 2 rings (SSSR count).